The van der Waals surface area contributed by atoms with E-state index in [1.807, 2.05) is 13.0 Å². The maximum Gasteiger partial charge on any atom is 0.310 e. The second-order valence-electron chi connectivity index (χ2n) is 3.03. The maximum atomic E-state index is 10.8. The fourth-order valence-electron chi connectivity index (χ4n) is 1.34. The number of carboxylic acids is 1. The van der Waals surface area contributed by atoms with Gasteiger partial charge in [-0.1, -0.05) is 19.1 Å². The third-order valence-electron chi connectivity index (χ3n) is 2.15. The molecule has 0 saturated heterocycles. The summed E-state index contributed by atoms with van der Waals surface area (Å²) in [5, 5.41) is 17.5. The van der Waals surface area contributed by atoms with Crippen LogP contribution < -0.4 is 0 Å². The average Bonchev–Trinajstić information content (AvgIpc) is 2.19. The number of carbonyl (C=O) groups is 1. The minimum atomic E-state index is -0.822. The molecule has 0 spiro atoms. The molecule has 0 saturated carbocycles. The first-order valence-corrected chi connectivity index (χ1v) is 4.42. The van der Waals surface area contributed by atoms with E-state index in [0.717, 1.165) is 5.56 Å². The van der Waals surface area contributed by atoms with Crippen molar-refractivity contribution in [1.29, 1.82) is 5.26 Å². The molecular formula is C11H11NO2. The number of hydrogen-bond donors (Lipinski definition) is 1. The Kier molecular flexibility index (Phi) is 3.24. The topological polar surface area (TPSA) is 61.1 Å². The van der Waals surface area contributed by atoms with E-state index in [1.54, 1.807) is 24.3 Å². The number of nitrogens with zero attached hydrogens (tertiary/aromatic N) is 1. The largest absolute Gasteiger partial charge is 0.481 e. The van der Waals surface area contributed by atoms with E-state index in [1.165, 1.54) is 0 Å². The van der Waals surface area contributed by atoms with Crippen LogP contribution in [0, 0.1) is 11.3 Å². The summed E-state index contributed by atoms with van der Waals surface area (Å²) >= 11 is 0. The second-order valence-corrected chi connectivity index (χ2v) is 3.03. The van der Waals surface area contributed by atoms with Crippen LogP contribution in [0.5, 0.6) is 0 Å². The molecule has 3 heteroatoms. The summed E-state index contributed by atoms with van der Waals surface area (Å²) in [4.78, 5) is 10.8. The van der Waals surface area contributed by atoms with Crippen molar-refractivity contribution in [1.82, 2.24) is 0 Å². The van der Waals surface area contributed by atoms with Crippen LogP contribution >= 0.6 is 0 Å². The number of carboxylic acid groups (broad SMARTS) is 1. The lowest BCUT2D eigenvalue weighted by atomic mass is 9.96. The number of nitriles is 1. The van der Waals surface area contributed by atoms with E-state index in [0.29, 0.717) is 12.0 Å². The van der Waals surface area contributed by atoms with E-state index in [-0.39, 0.29) is 0 Å². The minimum absolute atomic E-state index is 0.470. The Morgan fingerprint density at radius 2 is 2.07 bits per heavy atom. The van der Waals surface area contributed by atoms with Crippen molar-refractivity contribution >= 4 is 5.97 Å². The molecule has 0 radical (unpaired) electrons. The van der Waals surface area contributed by atoms with Crippen molar-refractivity contribution in [3.8, 4) is 6.07 Å². The Balaban J connectivity index is 2.96. The van der Waals surface area contributed by atoms with E-state index in [4.69, 9.17) is 10.4 Å². The van der Waals surface area contributed by atoms with Gasteiger partial charge in [-0.15, -0.1) is 0 Å². The summed E-state index contributed by atoms with van der Waals surface area (Å²) in [6.45, 7) is 1.83. The Morgan fingerprint density at radius 3 is 2.43 bits per heavy atom. The van der Waals surface area contributed by atoms with Gasteiger partial charge in [0.05, 0.1) is 17.6 Å². The summed E-state index contributed by atoms with van der Waals surface area (Å²) in [7, 11) is 0. The monoisotopic (exact) mass is 189 g/mol. The summed E-state index contributed by atoms with van der Waals surface area (Å²) < 4.78 is 0. The van der Waals surface area contributed by atoms with E-state index >= 15 is 0 Å². The smallest absolute Gasteiger partial charge is 0.310 e. The predicted molar refractivity (Wildman–Crippen MR) is 51.8 cm³/mol. The molecule has 0 fully saturated rings. The molecule has 0 aliphatic rings. The number of rotatable bonds is 3. The van der Waals surface area contributed by atoms with Crippen molar-refractivity contribution in [3.05, 3.63) is 35.4 Å². The molecule has 3 nitrogen and oxygen atoms in total. The average molecular weight is 189 g/mol. The Hall–Kier alpha value is -1.82. The van der Waals surface area contributed by atoms with Gasteiger partial charge in [-0.2, -0.15) is 5.26 Å². The molecule has 1 unspecified atom stereocenters. The van der Waals surface area contributed by atoms with Crippen molar-refractivity contribution in [3.63, 3.8) is 0 Å². The molecule has 1 aromatic rings. The third kappa shape index (κ3) is 2.11. The lowest BCUT2D eigenvalue weighted by Crippen LogP contribution is -2.10. The number of benzene rings is 1. The molecule has 0 amide bonds. The summed E-state index contributed by atoms with van der Waals surface area (Å²) in [5.41, 5.74) is 1.30. The van der Waals surface area contributed by atoms with Gasteiger partial charge in [-0.25, -0.2) is 0 Å². The first kappa shape index (κ1) is 10.3. The van der Waals surface area contributed by atoms with Gasteiger partial charge in [-0.3, -0.25) is 4.79 Å². The van der Waals surface area contributed by atoms with E-state index in [9.17, 15) is 4.79 Å². The Morgan fingerprint density at radius 1 is 1.50 bits per heavy atom. The zero-order chi connectivity index (χ0) is 10.6. The molecule has 0 aliphatic heterocycles. The Labute approximate surface area is 82.6 Å². The highest BCUT2D eigenvalue weighted by molar-refractivity contribution is 5.76. The second kappa shape index (κ2) is 4.43. The van der Waals surface area contributed by atoms with Crippen molar-refractivity contribution in [2.75, 3.05) is 0 Å². The zero-order valence-corrected chi connectivity index (χ0v) is 7.90. The molecule has 0 heterocycles. The van der Waals surface area contributed by atoms with Crippen LogP contribution in [-0.4, -0.2) is 11.1 Å². The molecule has 1 aromatic carbocycles. The summed E-state index contributed by atoms with van der Waals surface area (Å²) in [6, 6.07) is 8.66. The SMILES string of the molecule is CCC(C(=O)O)c1ccc(C#N)cc1. The number of aliphatic carboxylic acids is 1. The van der Waals surface area contributed by atoms with Crippen molar-refractivity contribution in [2.24, 2.45) is 0 Å². The van der Waals surface area contributed by atoms with Gasteiger partial charge in [0.1, 0.15) is 0 Å². The first-order valence-electron chi connectivity index (χ1n) is 4.42. The molecular weight excluding hydrogens is 178 g/mol. The fraction of sp³-hybridized carbons (Fsp3) is 0.273. The van der Waals surface area contributed by atoms with Gasteiger partial charge < -0.3 is 5.11 Å². The standard InChI is InChI=1S/C11H11NO2/c1-2-10(11(13)14)9-5-3-8(7-12)4-6-9/h3-6,10H,2H2,1H3,(H,13,14). The molecule has 0 aliphatic carbocycles. The first-order chi connectivity index (χ1) is 6.69. The zero-order valence-electron chi connectivity index (χ0n) is 7.90. The van der Waals surface area contributed by atoms with Gasteiger partial charge in [0.2, 0.25) is 0 Å². The maximum absolute atomic E-state index is 10.8. The lowest BCUT2D eigenvalue weighted by Gasteiger charge is -2.09. The van der Waals surface area contributed by atoms with Crippen LogP contribution in [0.2, 0.25) is 0 Å². The molecule has 0 bridgehead atoms. The van der Waals surface area contributed by atoms with Gasteiger partial charge in [-0.05, 0) is 24.1 Å². The van der Waals surface area contributed by atoms with Gasteiger partial charge >= 0.3 is 5.97 Å². The van der Waals surface area contributed by atoms with E-state index in [2.05, 4.69) is 0 Å². The van der Waals surface area contributed by atoms with Gasteiger partial charge in [0.15, 0.2) is 0 Å². The van der Waals surface area contributed by atoms with Crippen LogP contribution in [0.25, 0.3) is 0 Å². The Bertz CT molecular complexity index is 362. The highest BCUT2D eigenvalue weighted by Crippen LogP contribution is 2.19. The predicted octanol–water partition coefficient (Wildman–Crippen LogP) is 2.14. The molecule has 0 aromatic heterocycles. The molecule has 14 heavy (non-hydrogen) atoms. The quantitative estimate of drug-likeness (QED) is 0.792. The van der Waals surface area contributed by atoms with Crippen LogP contribution in [0.15, 0.2) is 24.3 Å². The molecule has 1 atom stereocenters. The van der Waals surface area contributed by atoms with E-state index < -0.39 is 11.9 Å². The lowest BCUT2D eigenvalue weighted by molar-refractivity contribution is -0.138. The highest BCUT2D eigenvalue weighted by Gasteiger charge is 2.16. The van der Waals surface area contributed by atoms with Crippen LogP contribution in [0.1, 0.15) is 30.4 Å². The molecule has 1 rings (SSSR count). The minimum Gasteiger partial charge on any atom is -0.481 e. The highest BCUT2D eigenvalue weighted by atomic mass is 16.4. The van der Waals surface area contributed by atoms with Crippen LogP contribution in [-0.2, 0) is 4.79 Å². The van der Waals surface area contributed by atoms with Crippen molar-refractivity contribution in [2.45, 2.75) is 19.3 Å². The van der Waals surface area contributed by atoms with Gasteiger partial charge in [0.25, 0.3) is 0 Å². The third-order valence-corrected chi connectivity index (χ3v) is 2.15. The normalized spacial score (nSPS) is 11.7. The van der Waals surface area contributed by atoms with Crippen LogP contribution in [0.3, 0.4) is 0 Å². The molecule has 72 valence electrons. The molecule has 1 N–H and O–H groups in total. The fourth-order valence-corrected chi connectivity index (χ4v) is 1.34. The number of hydrogen-bond acceptors (Lipinski definition) is 2. The summed E-state index contributed by atoms with van der Waals surface area (Å²) in [6.07, 6.45) is 0.557. The summed E-state index contributed by atoms with van der Waals surface area (Å²) in [5.74, 6) is -1.29. The van der Waals surface area contributed by atoms with Crippen LogP contribution in [0.4, 0.5) is 0 Å². The van der Waals surface area contributed by atoms with Crippen molar-refractivity contribution < 1.29 is 9.90 Å². The van der Waals surface area contributed by atoms with Gasteiger partial charge in [0, 0.05) is 0 Å².